The third kappa shape index (κ3) is 2.38. The molecule has 0 saturated carbocycles. The van der Waals surface area contributed by atoms with Gasteiger partial charge in [0.05, 0.1) is 4.88 Å². The molecule has 3 heteroatoms. The number of aryl methyl sites for hydroxylation is 2. The zero-order chi connectivity index (χ0) is 14.1. The molecule has 2 nitrogen and oxygen atoms in total. The van der Waals surface area contributed by atoms with Crippen molar-refractivity contribution in [1.29, 1.82) is 0 Å². The fraction of sp³-hybridized carbons (Fsp3) is 0.353. The average molecular weight is 285 g/mol. The van der Waals surface area contributed by atoms with Gasteiger partial charge in [-0.3, -0.25) is 4.79 Å². The molecule has 1 amide bonds. The van der Waals surface area contributed by atoms with Gasteiger partial charge in [-0.15, -0.1) is 11.3 Å². The standard InChI is InChI=1S/C17H19NOS/c1-3-13-10-16(20-12(13)2)17(19)18-9-8-14-6-4-5-7-15(14)11-18/h4-7,10H,3,8-9,11H2,1-2H3. The van der Waals surface area contributed by atoms with Crippen LogP contribution >= 0.6 is 11.3 Å². The van der Waals surface area contributed by atoms with Crippen LogP contribution in [0.1, 0.15) is 38.2 Å². The van der Waals surface area contributed by atoms with Crippen LogP contribution in [0, 0.1) is 6.92 Å². The van der Waals surface area contributed by atoms with Crippen LogP contribution < -0.4 is 0 Å². The summed E-state index contributed by atoms with van der Waals surface area (Å²) in [5.74, 6) is 0.187. The Kier molecular flexibility index (Phi) is 3.62. The van der Waals surface area contributed by atoms with Gasteiger partial charge in [-0.2, -0.15) is 0 Å². The highest BCUT2D eigenvalue weighted by molar-refractivity contribution is 7.14. The van der Waals surface area contributed by atoms with E-state index in [0.29, 0.717) is 0 Å². The van der Waals surface area contributed by atoms with E-state index in [1.54, 1.807) is 11.3 Å². The molecule has 1 aliphatic rings. The van der Waals surface area contributed by atoms with Crippen molar-refractivity contribution in [2.45, 2.75) is 33.2 Å². The van der Waals surface area contributed by atoms with Crippen molar-refractivity contribution in [2.75, 3.05) is 6.54 Å². The summed E-state index contributed by atoms with van der Waals surface area (Å²) in [4.78, 5) is 16.8. The Labute approximate surface area is 124 Å². The van der Waals surface area contributed by atoms with Crippen LogP contribution in [-0.2, 0) is 19.4 Å². The Balaban J connectivity index is 1.82. The van der Waals surface area contributed by atoms with E-state index in [4.69, 9.17) is 0 Å². The Morgan fingerprint density at radius 2 is 2.05 bits per heavy atom. The zero-order valence-electron chi connectivity index (χ0n) is 12.0. The monoisotopic (exact) mass is 285 g/mol. The number of rotatable bonds is 2. The molecular formula is C17H19NOS. The van der Waals surface area contributed by atoms with Gasteiger partial charge in [0.1, 0.15) is 0 Å². The van der Waals surface area contributed by atoms with E-state index in [1.165, 1.54) is 21.6 Å². The number of amides is 1. The van der Waals surface area contributed by atoms with Crippen LogP contribution in [0.2, 0.25) is 0 Å². The SMILES string of the molecule is CCc1cc(C(=O)N2CCc3ccccc3C2)sc1C. The summed E-state index contributed by atoms with van der Waals surface area (Å²) in [6.07, 6.45) is 1.96. The number of hydrogen-bond donors (Lipinski definition) is 0. The molecular weight excluding hydrogens is 266 g/mol. The topological polar surface area (TPSA) is 20.3 Å². The summed E-state index contributed by atoms with van der Waals surface area (Å²) in [5, 5.41) is 0. The Hall–Kier alpha value is -1.61. The Bertz CT molecular complexity index is 644. The number of fused-ring (bicyclic) bond motifs is 1. The molecule has 0 fully saturated rings. The van der Waals surface area contributed by atoms with Gasteiger partial charge in [0, 0.05) is 18.0 Å². The lowest BCUT2D eigenvalue weighted by atomic mass is 10.00. The number of hydrogen-bond acceptors (Lipinski definition) is 2. The fourth-order valence-electron chi connectivity index (χ4n) is 2.80. The molecule has 0 spiro atoms. The van der Waals surface area contributed by atoms with E-state index in [0.717, 1.165) is 30.8 Å². The molecule has 20 heavy (non-hydrogen) atoms. The number of carbonyl (C=O) groups excluding carboxylic acids is 1. The number of benzene rings is 1. The van der Waals surface area contributed by atoms with Crippen LogP contribution in [0.3, 0.4) is 0 Å². The second kappa shape index (κ2) is 5.41. The Morgan fingerprint density at radius 1 is 1.30 bits per heavy atom. The molecule has 104 valence electrons. The minimum absolute atomic E-state index is 0.187. The first-order chi connectivity index (χ1) is 9.69. The second-order valence-corrected chi connectivity index (χ2v) is 6.55. The molecule has 0 saturated heterocycles. The lowest BCUT2D eigenvalue weighted by Gasteiger charge is -2.28. The van der Waals surface area contributed by atoms with Gasteiger partial charge in [-0.1, -0.05) is 31.2 Å². The molecule has 2 aromatic rings. The van der Waals surface area contributed by atoms with Crippen molar-refractivity contribution >= 4 is 17.2 Å². The maximum Gasteiger partial charge on any atom is 0.264 e. The van der Waals surface area contributed by atoms with Crippen LogP contribution in [0.5, 0.6) is 0 Å². The summed E-state index contributed by atoms with van der Waals surface area (Å²) < 4.78 is 0. The van der Waals surface area contributed by atoms with Gasteiger partial charge in [0.2, 0.25) is 0 Å². The van der Waals surface area contributed by atoms with Crippen LogP contribution in [-0.4, -0.2) is 17.4 Å². The molecule has 2 heterocycles. The first-order valence-corrected chi connectivity index (χ1v) is 7.96. The van der Waals surface area contributed by atoms with Gasteiger partial charge in [-0.25, -0.2) is 0 Å². The average Bonchev–Trinajstić information content (AvgIpc) is 2.87. The van der Waals surface area contributed by atoms with Gasteiger partial charge >= 0.3 is 0 Å². The summed E-state index contributed by atoms with van der Waals surface area (Å²) in [7, 11) is 0. The lowest BCUT2D eigenvalue weighted by Crippen LogP contribution is -2.35. The molecule has 1 aromatic carbocycles. The highest BCUT2D eigenvalue weighted by atomic mass is 32.1. The van der Waals surface area contributed by atoms with Crippen LogP contribution in [0.15, 0.2) is 30.3 Å². The van der Waals surface area contributed by atoms with Gasteiger partial charge in [0.15, 0.2) is 0 Å². The smallest absolute Gasteiger partial charge is 0.264 e. The molecule has 0 atom stereocenters. The zero-order valence-corrected chi connectivity index (χ0v) is 12.8. The normalized spacial score (nSPS) is 14.2. The Morgan fingerprint density at radius 3 is 2.75 bits per heavy atom. The third-order valence-electron chi connectivity index (χ3n) is 4.03. The maximum atomic E-state index is 12.6. The maximum absolute atomic E-state index is 12.6. The van der Waals surface area contributed by atoms with Crippen molar-refractivity contribution in [1.82, 2.24) is 4.90 Å². The van der Waals surface area contributed by atoms with Crippen molar-refractivity contribution < 1.29 is 4.79 Å². The van der Waals surface area contributed by atoms with Gasteiger partial charge in [-0.05, 0) is 42.5 Å². The van der Waals surface area contributed by atoms with E-state index in [2.05, 4.69) is 44.2 Å². The highest BCUT2D eigenvalue weighted by Gasteiger charge is 2.23. The molecule has 0 radical (unpaired) electrons. The first-order valence-electron chi connectivity index (χ1n) is 7.14. The summed E-state index contributed by atoms with van der Waals surface area (Å²) in [6, 6.07) is 10.5. The predicted molar refractivity (Wildman–Crippen MR) is 83.3 cm³/mol. The fourth-order valence-corrected chi connectivity index (χ4v) is 3.88. The predicted octanol–water partition coefficient (Wildman–Crippen LogP) is 3.82. The van der Waals surface area contributed by atoms with Gasteiger partial charge in [0.25, 0.3) is 5.91 Å². The third-order valence-corrected chi connectivity index (χ3v) is 5.11. The number of thiophene rings is 1. The highest BCUT2D eigenvalue weighted by Crippen LogP contribution is 2.26. The van der Waals surface area contributed by atoms with Crippen molar-refractivity contribution in [3.8, 4) is 0 Å². The minimum Gasteiger partial charge on any atom is -0.333 e. The minimum atomic E-state index is 0.187. The van der Waals surface area contributed by atoms with Crippen LogP contribution in [0.4, 0.5) is 0 Å². The van der Waals surface area contributed by atoms with Crippen molar-refractivity contribution in [3.05, 3.63) is 56.8 Å². The lowest BCUT2D eigenvalue weighted by molar-refractivity contribution is 0.0739. The van der Waals surface area contributed by atoms with E-state index in [-0.39, 0.29) is 5.91 Å². The van der Waals surface area contributed by atoms with E-state index in [1.807, 2.05) is 4.90 Å². The molecule has 0 bridgehead atoms. The summed E-state index contributed by atoms with van der Waals surface area (Å²) in [6.45, 7) is 5.81. The van der Waals surface area contributed by atoms with Crippen LogP contribution in [0.25, 0.3) is 0 Å². The van der Waals surface area contributed by atoms with Gasteiger partial charge < -0.3 is 4.90 Å². The van der Waals surface area contributed by atoms with E-state index >= 15 is 0 Å². The summed E-state index contributed by atoms with van der Waals surface area (Å²) >= 11 is 1.63. The molecule has 0 N–H and O–H groups in total. The molecule has 0 aliphatic carbocycles. The number of carbonyl (C=O) groups is 1. The van der Waals surface area contributed by atoms with E-state index in [9.17, 15) is 4.79 Å². The van der Waals surface area contributed by atoms with Crippen molar-refractivity contribution in [2.24, 2.45) is 0 Å². The first kappa shape index (κ1) is 13.4. The number of nitrogens with zero attached hydrogens (tertiary/aromatic N) is 1. The molecule has 0 unspecified atom stereocenters. The second-order valence-electron chi connectivity index (χ2n) is 5.29. The van der Waals surface area contributed by atoms with Crippen molar-refractivity contribution in [3.63, 3.8) is 0 Å². The largest absolute Gasteiger partial charge is 0.333 e. The molecule has 3 rings (SSSR count). The molecule has 1 aliphatic heterocycles. The van der Waals surface area contributed by atoms with E-state index < -0.39 is 0 Å². The molecule has 1 aromatic heterocycles. The summed E-state index contributed by atoms with van der Waals surface area (Å²) in [5.41, 5.74) is 3.97. The quantitative estimate of drug-likeness (QED) is 0.821.